The predicted molar refractivity (Wildman–Crippen MR) is 219 cm³/mol. The van der Waals surface area contributed by atoms with E-state index in [4.69, 9.17) is 19.1 Å². The fraction of sp³-hybridized carbons (Fsp3) is 0.767. The number of esters is 2. The molecule has 3 N–H and O–H groups in total. The molecule has 0 radical (unpaired) electrons. The average Bonchev–Trinajstić information content (AvgIpc) is 3.16. The van der Waals surface area contributed by atoms with E-state index < -0.39 is 51.8 Å². The van der Waals surface area contributed by atoms with Crippen LogP contribution in [0.5, 0.6) is 0 Å². The highest BCUT2D eigenvalue weighted by Crippen LogP contribution is 2.43. The lowest BCUT2D eigenvalue weighted by Crippen LogP contribution is -2.29. The van der Waals surface area contributed by atoms with Crippen LogP contribution in [0.3, 0.4) is 0 Å². The topological polar surface area (TPSA) is 149 Å². The van der Waals surface area contributed by atoms with Gasteiger partial charge in [-0.05, 0) is 77.0 Å². The fourth-order valence-corrected chi connectivity index (χ4v) is 6.19. The van der Waals surface area contributed by atoms with Gasteiger partial charge in [0.15, 0.2) is 6.10 Å². The smallest absolute Gasteiger partial charge is 0.462 e. The van der Waals surface area contributed by atoms with Gasteiger partial charge in [-0.1, -0.05) is 133 Å². The van der Waals surface area contributed by atoms with Crippen molar-refractivity contribution in [2.45, 2.75) is 187 Å². The normalized spacial score (nSPS) is 14.4. The summed E-state index contributed by atoms with van der Waals surface area (Å²) in [4.78, 5) is 34.9. The van der Waals surface area contributed by atoms with Gasteiger partial charge in [-0.2, -0.15) is 0 Å². The standard InChI is InChI=1S/C43H77O10P/c1-3-5-7-9-11-13-15-17-18-19-20-21-22-23-25-27-29-31-33-35-43(47)53-41(39-52-54(48,49)51-37-40(45)36-44)38-50-42(46)34-32-30-28-26-24-16-14-12-10-8-6-4-2/h11-14,17-18,20-21,40-41,44-45H,3-10,15-16,19,22-39H2,1-2H3,(H,48,49)/b13-11-,14-12-,18-17-,21-20-. The van der Waals surface area contributed by atoms with E-state index in [0.29, 0.717) is 12.8 Å². The molecule has 0 aliphatic carbocycles. The molecule has 11 heteroatoms. The molecule has 0 amide bonds. The van der Waals surface area contributed by atoms with Gasteiger partial charge in [-0.3, -0.25) is 18.6 Å². The third-order valence-electron chi connectivity index (χ3n) is 8.71. The Morgan fingerprint density at radius 1 is 0.556 bits per heavy atom. The highest BCUT2D eigenvalue weighted by Gasteiger charge is 2.27. The van der Waals surface area contributed by atoms with Crippen LogP contribution in [0, 0.1) is 0 Å². The Balaban J connectivity index is 4.34. The molecule has 54 heavy (non-hydrogen) atoms. The van der Waals surface area contributed by atoms with Gasteiger partial charge >= 0.3 is 19.8 Å². The fourth-order valence-electron chi connectivity index (χ4n) is 5.40. The van der Waals surface area contributed by atoms with Crippen molar-refractivity contribution >= 4 is 19.8 Å². The van der Waals surface area contributed by atoms with Gasteiger partial charge in [0.05, 0.1) is 19.8 Å². The van der Waals surface area contributed by atoms with Crippen molar-refractivity contribution in [3.05, 3.63) is 48.6 Å². The summed E-state index contributed by atoms with van der Waals surface area (Å²) in [6.45, 7) is 2.29. The summed E-state index contributed by atoms with van der Waals surface area (Å²) in [6.07, 6.45) is 40.7. The van der Waals surface area contributed by atoms with E-state index in [9.17, 15) is 24.2 Å². The van der Waals surface area contributed by atoms with Crippen molar-refractivity contribution in [3.63, 3.8) is 0 Å². The molecular formula is C43H77O10P. The first-order valence-electron chi connectivity index (χ1n) is 21.1. The van der Waals surface area contributed by atoms with E-state index in [1.54, 1.807) is 0 Å². The first-order valence-corrected chi connectivity index (χ1v) is 22.6. The summed E-state index contributed by atoms with van der Waals surface area (Å²) in [5.41, 5.74) is 0. The lowest BCUT2D eigenvalue weighted by atomic mass is 10.1. The van der Waals surface area contributed by atoms with Crippen molar-refractivity contribution in [1.82, 2.24) is 0 Å². The number of allylic oxidation sites excluding steroid dienone is 8. The van der Waals surface area contributed by atoms with Crippen molar-refractivity contribution < 1.29 is 47.8 Å². The maximum atomic E-state index is 12.6. The third-order valence-corrected chi connectivity index (χ3v) is 9.66. The van der Waals surface area contributed by atoms with Crippen molar-refractivity contribution in [3.8, 4) is 0 Å². The van der Waals surface area contributed by atoms with Crippen LogP contribution >= 0.6 is 7.82 Å². The maximum absolute atomic E-state index is 12.6. The Bertz CT molecular complexity index is 1040. The van der Waals surface area contributed by atoms with Crippen LogP contribution in [0.15, 0.2) is 48.6 Å². The van der Waals surface area contributed by atoms with Gasteiger partial charge in [0, 0.05) is 12.8 Å². The van der Waals surface area contributed by atoms with Crippen molar-refractivity contribution in [1.29, 1.82) is 0 Å². The molecule has 314 valence electrons. The first-order chi connectivity index (χ1) is 26.2. The van der Waals surface area contributed by atoms with Gasteiger partial charge in [0.25, 0.3) is 0 Å². The molecule has 0 aromatic rings. The predicted octanol–water partition coefficient (Wildman–Crippen LogP) is 10.9. The van der Waals surface area contributed by atoms with Crippen molar-refractivity contribution in [2.24, 2.45) is 0 Å². The average molecular weight is 785 g/mol. The van der Waals surface area contributed by atoms with Crippen LogP contribution in [-0.2, 0) is 32.7 Å². The molecule has 0 spiro atoms. The van der Waals surface area contributed by atoms with Crippen LogP contribution in [0.1, 0.15) is 174 Å². The van der Waals surface area contributed by atoms with Gasteiger partial charge in [0.2, 0.25) is 0 Å². The highest BCUT2D eigenvalue weighted by molar-refractivity contribution is 7.47. The van der Waals surface area contributed by atoms with E-state index in [1.165, 1.54) is 44.9 Å². The number of phosphoric acid groups is 1. The van der Waals surface area contributed by atoms with E-state index in [2.05, 4.69) is 67.0 Å². The third kappa shape index (κ3) is 38.2. The number of hydrogen-bond acceptors (Lipinski definition) is 9. The summed E-state index contributed by atoms with van der Waals surface area (Å²) >= 11 is 0. The molecule has 10 nitrogen and oxygen atoms in total. The highest BCUT2D eigenvalue weighted by atomic mass is 31.2. The number of ether oxygens (including phenoxy) is 2. The second-order valence-corrected chi connectivity index (χ2v) is 15.5. The number of phosphoric ester groups is 1. The minimum absolute atomic E-state index is 0.167. The summed E-state index contributed by atoms with van der Waals surface area (Å²) in [5.74, 6) is -0.952. The molecule has 3 unspecified atom stereocenters. The first kappa shape index (κ1) is 51.9. The van der Waals surface area contributed by atoms with Gasteiger partial charge in [-0.15, -0.1) is 0 Å². The lowest BCUT2D eigenvalue weighted by molar-refractivity contribution is -0.161. The van der Waals surface area contributed by atoms with Crippen LogP contribution in [0.4, 0.5) is 0 Å². The number of aliphatic hydroxyl groups excluding tert-OH is 2. The van der Waals surface area contributed by atoms with Crippen LogP contribution in [0.2, 0.25) is 0 Å². The summed E-state index contributed by atoms with van der Waals surface area (Å²) in [7, 11) is -4.62. The van der Waals surface area contributed by atoms with E-state index in [1.807, 2.05) is 0 Å². The minimum Gasteiger partial charge on any atom is -0.462 e. The van der Waals surface area contributed by atoms with Gasteiger partial charge in [-0.25, -0.2) is 4.57 Å². The molecule has 0 rings (SSSR count). The molecule has 0 aliphatic heterocycles. The number of rotatable bonds is 39. The Morgan fingerprint density at radius 2 is 0.963 bits per heavy atom. The minimum atomic E-state index is -4.62. The number of carbonyl (C=O) groups excluding carboxylic acids is 2. The Hall–Kier alpha value is -2.07. The molecule has 0 aliphatic rings. The molecule has 3 atom stereocenters. The Kier molecular flexibility index (Phi) is 37.7. The Morgan fingerprint density at radius 3 is 1.46 bits per heavy atom. The second kappa shape index (κ2) is 39.2. The molecular weight excluding hydrogens is 707 g/mol. The summed E-state index contributed by atoms with van der Waals surface area (Å²) in [6, 6.07) is 0. The molecule has 0 heterocycles. The molecule has 0 aromatic carbocycles. The maximum Gasteiger partial charge on any atom is 0.472 e. The van der Waals surface area contributed by atoms with Gasteiger partial charge < -0.3 is 24.6 Å². The number of unbranched alkanes of at least 4 members (excludes halogenated alkanes) is 17. The van der Waals surface area contributed by atoms with Gasteiger partial charge in [0.1, 0.15) is 12.7 Å². The molecule has 0 aromatic heterocycles. The number of aliphatic hydroxyl groups is 2. The zero-order valence-corrected chi connectivity index (χ0v) is 34.8. The van der Waals surface area contributed by atoms with Crippen molar-refractivity contribution in [2.75, 3.05) is 26.4 Å². The Labute approximate surface area is 328 Å². The van der Waals surface area contributed by atoms with E-state index in [0.717, 1.165) is 89.9 Å². The van der Waals surface area contributed by atoms with Crippen LogP contribution in [-0.4, -0.2) is 65.7 Å². The van der Waals surface area contributed by atoms with Crippen LogP contribution in [0.25, 0.3) is 0 Å². The zero-order chi connectivity index (χ0) is 39.8. The van der Waals surface area contributed by atoms with E-state index >= 15 is 0 Å². The quantitative estimate of drug-likeness (QED) is 0.0238. The second-order valence-electron chi connectivity index (χ2n) is 14.0. The summed E-state index contributed by atoms with van der Waals surface area (Å²) in [5, 5.41) is 18.3. The number of carbonyl (C=O) groups is 2. The van der Waals surface area contributed by atoms with E-state index in [-0.39, 0.29) is 19.4 Å². The SMILES string of the molecule is CCCCC/C=C\C/C=C\C/C=C\CCCCCCCCC(=O)OC(COC(=O)CCCCCCC/C=C\CCCCC)COP(=O)(O)OCC(O)CO. The zero-order valence-electron chi connectivity index (χ0n) is 33.9. The molecule has 0 saturated carbocycles. The lowest BCUT2D eigenvalue weighted by Gasteiger charge is -2.20. The monoisotopic (exact) mass is 785 g/mol. The number of hydrogen-bond donors (Lipinski definition) is 3. The molecule has 0 bridgehead atoms. The molecule has 0 saturated heterocycles. The molecule has 0 fully saturated rings. The largest absolute Gasteiger partial charge is 0.472 e. The summed E-state index contributed by atoms with van der Waals surface area (Å²) < 4.78 is 32.6. The van der Waals surface area contributed by atoms with Crippen LogP contribution < -0.4 is 0 Å².